The lowest BCUT2D eigenvalue weighted by Crippen LogP contribution is -2.50. The molecule has 37 heavy (non-hydrogen) atoms. The zero-order valence-electron chi connectivity index (χ0n) is 21.0. The molecule has 0 aliphatic carbocycles. The second-order valence-electron chi connectivity index (χ2n) is 8.26. The molecule has 0 unspecified atom stereocenters. The van der Waals surface area contributed by atoms with E-state index in [9.17, 15) is 29.1 Å². The first-order valence-corrected chi connectivity index (χ1v) is 11.8. The summed E-state index contributed by atoms with van der Waals surface area (Å²) in [6, 6.07) is -1.15. The van der Waals surface area contributed by atoms with Gasteiger partial charge in [-0.2, -0.15) is 0 Å². The Hall–Kier alpha value is -3.30. The minimum atomic E-state index is -1.26. The molecule has 0 aromatic carbocycles. The number of carboxylic acids is 5. The Kier molecular flexibility index (Phi) is 18.1. The topological polar surface area (TPSA) is 218 Å². The highest BCUT2D eigenvalue weighted by atomic mass is 16.5. The van der Waals surface area contributed by atoms with Crippen LogP contribution in [0.1, 0.15) is 32.6 Å². The van der Waals surface area contributed by atoms with Crippen LogP contribution in [-0.4, -0.2) is 148 Å². The van der Waals surface area contributed by atoms with Crippen LogP contribution >= 0.6 is 0 Å². The number of rotatable bonds is 24. The number of hydrogen-bond acceptors (Lipinski definition) is 10. The highest BCUT2D eigenvalue weighted by molar-refractivity contribution is 5.74. The molecule has 15 nitrogen and oxygen atoms in total. The average molecular weight is 535 g/mol. The number of ether oxygens (including phenoxy) is 1. The molecule has 0 fully saturated rings. The van der Waals surface area contributed by atoms with Crippen molar-refractivity contribution in [1.82, 2.24) is 14.7 Å². The molecule has 0 aromatic heterocycles. The normalized spacial score (nSPS) is 12.3. The molecule has 0 saturated heterocycles. The Bertz CT molecular complexity index is 691. The van der Waals surface area contributed by atoms with Gasteiger partial charge >= 0.3 is 29.8 Å². The number of hydrogen-bond donors (Lipinski definition) is 5. The van der Waals surface area contributed by atoms with Gasteiger partial charge in [0, 0.05) is 39.1 Å². The third-order valence-electron chi connectivity index (χ3n) is 5.12. The summed E-state index contributed by atoms with van der Waals surface area (Å²) in [5.41, 5.74) is 0. The lowest BCUT2D eigenvalue weighted by Gasteiger charge is -2.32. The number of aliphatic imine (C=N–C) groups is 1. The van der Waals surface area contributed by atoms with Gasteiger partial charge in [0.05, 0.1) is 32.8 Å². The van der Waals surface area contributed by atoms with Crippen molar-refractivity contribution in [2.75, 3.05) is 65.5 Å². The van der Waals surface area contributed by atoms with E-state index < -0.39 is 62.1 Å². The summed E-state index contributed by atoms with van der Waals surface area (Å²) in [6.07, 6.45) is 4.20. The molecular weight excluding hydrogens is 496 g/mol. The minimum absolute atomic E-state index is 0.00727. The van der Waals surface area contributed by atoms with Crippen molar-refractivity contribution in [3.8, 4) is 0 Å². The highest BCUT2D eigenvalue weighted by Gasteiger charge is 2.27. The Morgan fingerprint density at radius 3 is 1.59 bits per heavy atom. The van der Waals surface area contributed by atoms with Gasteiger partial charge in [-0.3, -0.25) is 43.7 Å². The number of carbonyl (C=O) groups is 5. The molecule has 0 spiro atoms. The van der Waals surface area contributed by atoms with Crippen molar-refractivity contribution >= 4 is 36.2 Å². The standard InChI is InChI=1S/C22H38N4O11/c1-2-3-4-6-23-16-37-11-5-17(22(35)36)26(9-7-24(12-18(27)28)13-19(29)30)10-8-25(14-20(31)32)15-21(33)34/h16-17H,2-15H2,1H3,(H,27,28)(H,29,30)(H,31,32)(H,33,34)(H,35,36)/b23-16-/t17-/m0/s1. The molecule has 0 radical (unpaired) electrons. The fourth-order valence-electron chi connectivity index (χ4n) is 3.41. The third kappa shape index (κ3) is 18.6. The van der Waals surface area contributed by atoms with Gasteiger partial charge < -0.3 is 30.3 Å². The minimum Gasteiger partial charge on any atom is -0.483 e. The maximum absolute atomic E-state index is 12.0. The average Bonchev–Trinajstić information content (AvgIpc) is 2.76. The second kappa shape index (κ2) is 19.8. The first-order valence-electron chi connectivity index (χ1n) is 11.8. The van der Waals surface area contributed by atoms with Crippen molar-refractivity contribution in [2.45, 2.75) is 38.6 Å². The zero-order valence-corrected chi connectivity index (χ0v) is 21.0. The number of unbranched alkanes of at least 4 members (excludes halogenated alkanes) is 2. The van der Waals surface area contributed by atoms with Crippen molar-refractivity contribution < 1.29 is 54.2 Å². The largest absolute Gasteiger partial charge is 0.483 e. The van der Waals surface area contributed by atoms with Crippen molar-refractivity contribution in [3.05, 3.63) is 0 Å². The summed E-state index contributed by atoms with van der Waals surface area (Å²) >= 11 is 0. The van der Waals surface area contributed by atoms with Gasteiger partial charge in [-0.05, 0) is 6.42 Å². The van der Waals surface area contributed by atoms with Crippen LogP contribution in [0, 0.1) is 0 Å². The van der Waals surface area contributed by atoms with Crippen molar-refractivity contribution in [3.63, 3.8) is 0 Å². The van der Waals surface area contributed by atoms with Gasteiger partial charge in [-0.15, -0.1) is 0 Å². The monoisotopic (exact) mass is 534 g/mol. The van der Waals surface area contributed by atoms with E-state index in [1.165, 1.54) is 11.3 Å². The summed E-state index contributed by atoms with van der Waals surface area (Å²) in [4.78, 5) is 64.1. The molecule has 0 aromatic rings. The summed E-state index contributed by atoms with van der Waals surface area (Å²) in [6.45, 7) is -0.0735. The van der Waals surface area contributed by atoms with E-state index in [0.717, 1.165) is 29.1 Å². The Balaban J connectivity index is 5.44. The maximum atomic E-state index is 12.0. The van der Waals surface area contributed by atoms with Gasteiger partial charge in [0.2, 0.25) is 0 Å². The predicted octanol–water partition coefficient (Wildman–Crippen LogP) is -0.691. The fraction of sp³-hybridized carbons (Fsp3) is 0.727. The Morgan fingerprint density at radius 1 is 0.757 bits per heavy atom. The van der Waals surface area contributed by atoms with Gasteiger partial charge in [0.1, 0.15) is 6.04 Å². The van der Waals surface area contributed by atoms with E-state index in [0.29, 0.717) is 6.54 Å². The Labute approximate surface area is 214 Å². The SMILES string of the molecule is CCCCC/N=C\OCC[C@@H](C(=O)O)N(CCN(CC(=O)O)CC(=O)O)CCN(CC(=O)O)CC(=O)O. The van der Waals surface area contributed by atoms with Crippen LogP contribution in [0.3, 0.4) is 0 Å². The molecule has 0 bridgehead atoms. The first-order chi connectivity index (χ1) is 17.5. The quantitative estimate of drug-likeness (QED) is 0.0588. The molecule has 0 amide bonds. The third-order valence-corrected chi connectivity index (χ3v) is 5.12. The summed E-state index contributed by atoms with van der Waals surface area (Å²) in [5.74, 6) is -6.27. The predicted molar refractivity (Wildman–Crippen MR) is 130 cm³/mol. The van der Waals surface area contributed by atoms with Gasteiger partial charge in [0.25, 0.3) is 0 Å². The van der Waals surface area contributed by atoms with Gasteiger partial charge in [-0.1, -0.05) is 19.8 Å². The van der Waals surface area contributed by atoms with E-state index >= 15 is 0 Å². The van der Waals surface area contributed by atoms with Crippen LogP contribution < -0.4 is 0 Å². The van der Waals surface area contributed by atoms with Crippen molar-refractivity contribution in [1.29, 1.82) is 0 Å². The first kappa shape index (κ1) is 33.7. The number of nitrogens with zero attached hydrogens (tertiary/aromatic N) is 4. The van der Waals surface area contributed by atoms with Crippen LogP contribution in [0.5, 0.6) is 0 Å². The molecule has 0 aliphatic heterocycles. The smallest absolute Gasteiger partial charge is 0.321 e. The van der Waals surface area contributed by atoms with Crippen LogP contribution in [0.25, 0.3) is 0 Å². The van der Waals surface area contributed by atoms with Gasteiger partial charge in [-0.25, -0.2) is 0 Å². The summed E-state index contributed by atoms with van der Waals surface area (Å²) in [5, 5.41) is 46.0. The molecule has 0 aliphatic rings. The lowest BCUT2D eigenvalue weighted by atomic mass is 10.1. The van der Waals surface area contributed by atoms with Crippen LogP contribution in [0.15, 0.2) is 4.99 Å². The molecular formula is C22H38N4O11. The van der Waals surface area contributed by atoms with E-state index in [1.807, 2.05) is 0 Å². The molecule has 1 atom stereocenters. The van der Waals surface area contributed by atoms with Crippen molar-refractivity contribution in [2.24, 2.45) is 4.99 Å². The fourth-order valence-corrected chi connectivity index (χ4v) is 3.41. The second-order valence-corrected chi connectivity index (χ2v) is 8.26. The highest BCUT2D eigenvalue weighted by Crippen LogP contribution is 2.08. The molecule has 212 valence electrons. The van der Waals surface area contributed by atoms with Crippen LogP contribution in [-0.2, 0) is 28.7 Å². The molecule has 0 rings (SSSR count). The lowest BCUT2D eigenvalue weighted by molar-refractivity contribution is -0.146. The van der Waals surface area contributed by atoms with Crippen LogP contribution in [0.2, 0.25) is 0 Å². The molecule has 0 saturated carbocycles. The van der Waals surface area contributed by atoms with Crippen LogP contribution in [0.4, 0.5) is 0 Å². The summed E-state index contributed by atoms with van der Waals surface area (Å²) < 4.78 is 5.29. The molecule has 15 heteroatoms. The zero-order chi connectivity index (χ0) is 28.2. The Morgan fingerprint density at radius 2 is 1.22 bits per heavy atom. The van der Waals surface area contributed by atoms with E-state index in [-0.39, 0.29) is 39.2 Å². The molecule has 0 heterocycles. The van der Waals surface area contributed by atoms with Gasteiger partial charge in [0.15, 0.2) is 6.40 Å². The maximum Gasteiger partial charge on any atom is 0.321 e. The van der Waals surface area contributed by atoms with E-state index in [1.54, 1.807) is 0 Å². The number of carboxylic acid groups (broad SMARTS) is 5. The van der Waals surface area contributed by atoms with E-state index in [4.69, 9.17) is 25.2 Å². The molecule has 5 N–H and O–H groups in total. The number of aliphatic carboxylic acids is 5. The van der Waals surface area contributed by atoms with E-state index in [2.05, 4.69) is 11.9 Å². The summed E-state index contributed by atoms with van der Waals surface area (Å²) in [7, 11) is 0.